The van der Waals surface area contributed by atoms with E-state index in [-0.39, 0.29) is 6.67 Å². The van der Waals surface area contributed by atoms with Crippen LogP contribution >= 0.6 is 0 Å². The fourth-order valence-electron chi connectivity index (χ4n) is 2.03. The summed E-state index contributed by atoms with van der Waals surface area (Å²) < 4.78 is 11.9. The fourth-order valence-corrected chi connectivity index (χ4v) is 2.03. The van der Waals surface area contributed by atoms with Crippen LogP contribution in [-0.4, -0.2) is 43.3 Å². The second-order valence-electron chi connectivity index (χ2n) is 3.18. The third-order valence-corrected chi connectivity index (χ3v) is 2.54. The van der Waals surface area contributed by atoms with Gasteiger partial charge in [0.25, 0.3) is 0 Å². The Morgan fingerprint density at radius 2 is 2.50 bits per heavy atom. The van der Waals surface area contributed by atoms with Crippen LogP contribution in [0.2, 0.25) is 0 Å². The number of alkyl halides is 1. The summed E-state index contributed by atoms with van der Waals surface area (Å²) in [5.74, 6) is 0. The average Bonchev–Trinajstić information content (AvgIpc) is 2.48. The SMILES string of the molecule is FCCN1CC2CC1CN2. The van der Waals surface area contributed by atoms with E-state index in [2.05, 4.69) is 10.2 Å². The third-order valence-electron chi connectivity index (χ3n) is 2.54. The van der Waals surface area contributed by atoms with Crippen molar-refractivity contribution in [3.8, 4) is 0 Å². The summed E-state index contributed by atoms with van der Waals surface area (Å²) >= 11 is 0. The van der Waals surface area contributed by atoms with Gasteiger partial charge in [-0.1, -0.05) is 0 Å². The van der Waals surface area contributed by atoms with Gasteiger partial charge >= 0.3 is 0 Å². The molecule has 2 fully saturated rings. The topological polar surface area (TPSA) is 15.3 Å². The lowest BCUT2D eigenvalue weighted by atomic mass is 10.2. The van der Waals surface area contributed by atoms with E-state index < -0.39 is 0 Å². The molecule has 0 aromatic carbocycles. The van der Waals surface area contributed by atoms with Gasteiger partial charge in [-0.3, -0.25) is 4.90 Å². The zero-order chi connectivity index (χ0) is 6.97. The predicted octanol–water partition coefficient (Wildman–Crippen LogP) is 0.00200. The molecular formula is C7H13FN2. The van der Waals surface area contributed by atoms with Crippen LogP contribution in [0.5, 0.6) is 0 Å². The van der Waals surface area contributed by atoms with Gasteiger partial charge in [-0.05, 0) is 6.42 Å². The number of hydrogen-bond acceptors (Lipinski definition) is 2. The molecule has 0 aliphatic carbocycles. The molecule has 2 bridgehead atoms. The number of likely N-dealkylation sites (tertiary alicyclic amines) is 1. The molecule has 2 rings (SSSR count). The molecule has 2 unspecified atom stereocenters. The minimum atomic E-state index is -0.191. The second-order valence-corrected chi connectivity index (χ2v) is 3.18. The Morgan fingerprint density at radius 3 is 3.00 bits per heavy atom. The molecule has 2 saturated heterocycles. The van der Waals surface area contributed by atoms with Gasteiger partial charge in [0.2, 0.25) is 0 Å². The Labute approximate surface area is 60.4 Å². The monoisotopic (exact) mass is 144 g/mol. The molecule has 0 aromatic heterocycles. The lowest BCUT2D eigenvalue weighted by Gasteiger charge is -2.25. The standard InChI is InChI=1S/C7H13FN2/c8-1-2-10-5-6-3-7(10)4-9-6/h6-7,9H,1-5H2. The van der Waals surface area contributed by atoms with Crippen molar-refractivity contribution in [2.24, 2.45) is 0 Å². The molecule has 2 aliphatic rings. The largest absolute Gasteiger partial charge is 0.311 e. The smallest absolute Gasteiger partial charge is 0.102 e. The molecule has 1 N–H and O–H groups in total. The third kappa shape index (κ3) is 0.935. The number of hydrogen-bond donors (Lipinski definition) is 1. The molecule has 0 aromatic rings. The summed E-state index contributed by atoms with van der Waals surface area (Å²) in [5, 5.41) is 3.38. The van der Waals surface area contributed by atoms with Crippen molar-refractivity contribution in [1.29, 1.82) is 0 Å². The first kappa shape index (κ1) is 6.55. The molecule has 0 amide bonds. The van der Waals surface area contributed by atoms with Crippen molar-refractivity contribution in [3.05, 3.63) is 0 Å². The zero-order valence-electron chi connectivity index (χ0n) is 6.02. The van der Waals surface area contributed by atoms with Crippen molar-refractivity contribution in [3.63, 3.8) is 0 Å². The first-order valence-electron chi connectivity index (χ1n) is 3.93. The molecule has 0 spiro atoms. The second kappa shape index (κ2) is 2.47. The van der Waals surface area contributed by atoms with Crippen LogP contribution in [0, 0.1) is 0 Å². The molecular weight excluding hydrogens is 131 g/mol. The van der Waals surface area contributed by atoms with Crippen molar-refractivity contribution in [2.75, 3.05) is 26.3 Å². The molecule has 10 heavy (non-hydrogen) atoms. The first-order valence-corrected chi connectivity index (χ1v) is 3.93. The van der Waals surface area contributed by atoms with Crippen molar-refractivity contribution < 1.29 is 4.39 Å². The van der Waals surface area contributed by atoms with E-state index in [1.54, 1.807) is 0 Å². The number of nitrogens with zero attached hydrogens (tertiary/aromatic N) is 1. The van der Waals surface area contributed by atoms with E-state index in [0.29, 0.717) is 18.6 Å². The molecule has 2 aliphatic heterocycles. The summed E-state index contributed by atoms with van der Waals surface area (Å²) in [7, 11) is 0. The summed E-state index contributed by atoms with van der Waals surface area (Å²) in [5.41, 5.74) is 0. The predicted molar refractivity (Wildman–Crippen MR) is 37.7 cm³/mol. The van der Waals surface area contributed by atoms with E-state index in [1.165, 1.54) is 6.42 Å². The Hall–Kier alpha value is -0.150. The number of rotatable bonds is 2. The molecule has 2 heterocycles. The Kier molecular flexibility index (Phi) is 1.62. The van der Waals surface area contributed by atoms with E-state index >= 15 is 0 Å². The Morgan fingerprint density at radius 1 is 1.60 bits per heavy atom. The number of fused-ring (bicyclic) bond motifs is 2. The van der Waals surface area contributed by atoms with Gasteiger partial charge in [-0.25, -0.2) is 4.39 Å². The molecule has 2 nitrogen and oxygen atoms in total. The minimum Gasteiger partial charge on any atom is -0.311 e. The van der Waals surface area contributed by atoms with Crippen LogP contribution in [-0.2, 0) is 0 Å². The van der Waals surface area contributed by atoms with Crippen LogP contribution in [0.3, 0.4) is 0 Å². The van der Waals surface area contributed by atoms with Gasteiger partial charge in [-0.2, -0.15) is 0 Å². The maximum Gasteiger partial charge on any atom is 0.102 e. The van der Waals surface area contributed by atoms with Crippen LogP contribution in [0.25, 0.3) is 0 Å². The van der Waals surface area contributed by atoms with Gasteiger partial charge < -0.3 is 5.32 Å². The molecule has 58 valence electrons. The number of halogens is 1. The maximum atomic E-state index is 11.9. The highest BCUT2D eigenvalue weighted by molar-refractivity contribution is 4.96. The summed E-state index contributed by atoms with van der Waals surface area (Å²) in [4.78, 5) is 2.25. The number of nitrogens with one attached hydrogen (secondary N) is 1. The highest BCUT2D eigenvalue weighted by atomic mass is 19.1. The number of piperazine rings is 1. The van der Waals surface area contributed by atoms with Gasteiger partial charge in [0.05, 0.1) is 0 Å². The fraction of sp³-hybridized carbons (Fsp3) is 1.00. The highest BCUT2D eigenvalue weighted by Crippen LogP contribution is 2.22. The van der Waals surface area contributed by atoms with Crippen molar-refractivity contribution >= 4 is 0 Å². The van der Waals surface area contributed by atoms with Gasteiger partial charge in [0.15, 0.2) is 0 Å². The van der Waals surface area contributed by atoms with Gasteiger partial charge in [0, 0.05) is 31.7 Å². The van der Waals surface area contributed by atoms with E-state index in [1.807, 2.05) is 0 Å². The first-order chi connectivity index (χ1) is 4.90. The lowest BCUT2D eigenvalue weighted by molar-refractivity contribution is 0.208. The van der Waals surface area contributed by atoms with Crippen LogP contribution in [0.15, 0.2) is 0 Å². The normalized spacial score (nSPS) is 39.3. The van der Waals surface area contributed by atoms with Crippen molar-refractivity contribution in [2.45, 2.75) is 18.5 Å². The summed E-state index contributed by atoms with van der Waals surface area (Å²) in [6, 6.07) is 1.30. The summed E-state index contributed by atoms with van der Waals surface area (Å²) in [6.07, 6.45) is 1.24. The average molecular weight is 144 g/mol. The zero-order valence-corrected chi connectivity index (χ0v) is 6.02. The van der Waals surface area contributed by atoms with Crippen LogP contribution in [0.4, 0.5) is 4.39 Å². The minimum absolute atomic E-state index is 0.191. The van der Waals surface area contributed by atoms with E-state index in [9.17, 15) is 4.39 Å². The van der Waals surface area contributed by atoms with Gasteiger partial charge in [-0.15, -0.1) is 0 Å². The van der Waals surface area contributed by atoms with Crippen LogP contribution < -0.4 is 5.32 Å². The highest BCUT2D eigenvalue weighted by Gasteiger charge is 2.36. The summed E-state index contributed by atoms with van der Waals surface area (Å²) in [6.45, 7) is 2.59. The van der Waals surface area contributed by atoms with Crippen molar-refractivity contribution in [1.82, 2.24) is 10.2 Å². The van der Waals surface area contributed by atoms with E-state index in [4.69, 9.17) is 0 Å². The molecule has 3 heteroatoms. The molecule has 2 atom stereocenters. The molecule has 0 saturated carbocycles. The lowest BCUT2D eigenvalue weighted by Crippen LogP contribution is -2.44. The van der Waals surface area contributed by atoms with Crippen LogP contribution in [0.1, 0.15) is 6.42 Å². The van der Waals surface area contributed by atoms with E-state index in [0.717, 1.165) is 13.1 Å². The quantitative estimate of drug-likeness (QED) is 0.587. The Balaban J connectivity index is 1.90. The Bertz CT molecular complexity index is 129. The molecule has 0 radical (unpaired) electrons. The van der Waals surface area contributed by atoms with Gasteiger partial charge in [0.1, 0.15) is 6.67 Å². The maximum absolute atomic E-state index is 11.9.